The quantitative estimate of drug-likeness (QED) is 0.697. The molecule has 4 unspecified atom stereocenters. The first kappa shape index (κ1) is 17.6. The summed E-state index contributed by atoms with van der Waals surface area (Å²) >= 11 is 0. The van der Waals surface area contributed by atoms with Crippen LogP contribution in [0, 0.1) is 5.41 Å². The Bertz CT molecular complexity index is 782. The highest BCUT2D eigenvalue weighted by Gasteiger charge is 2.58. The van der Waals surface area contributed by atoms with E-state index in [4.69, 9.17) is 0 Å². The van der Waals surface area contributed by atoms with Crippen LogP contribution in [-0.4, -0.2) is 22.6 Å². The first-order valence-electron chi connectivity index (χ1n) is 9.88. The molecule has 1 saturated heterocycles. The van der Waals surface area contributed by atoms with Crippen molar-refractivity contribution < 1.29 is 0 Å². The van der Waals surface area contributed by atoms with Gasteiger partial charge < -0.3 is 5.32 Å². The summed E-state index contributed by atoms with van der Waals surface area (Å²) in [5.74, 6) is 0.966. The Morgan fingerprint density at radius 3 is 2.00 bits per heavy atom. The molecule has 0 spiro atoms. The van der Waals surface area contributed by atoms with Gasteiger partial charge in [0.05, 0.1) is 6.17 Å². The molecule has 4 rings (SSSR count). The first-order chi connectivity index (χ1) is 12.2. The van der Waals surface area contributed by atoms with Gasteiger partial charge in [-0.2, -0.15) is 0 Å². The zero-order valence-corrected chi connectivity index (χ0v) is 17.0. The highest BCUT2D eigenvalue weighted by Crippen LogP contribution is 2.58. The van der Waals surface area contributed by atoms with Crippen molar-refractivity contribution in [2.75, 3.05) is 5.32 Å². The minimum atomic E-state index is 0.0967. The van der Waals surface area contributed by atoms with Gasteiger partial charge in [-0.05, 0) is 43.4 Å². The van der Waals surface area contributed by atoms with Crippen LogP contribution < -0.4 is 5.32 Å². The predicted octanol–water partition coefficient (Wildman–Crippen LogP) is 5.83. The van der Waals surface area contributed by atoms with E-state index in [-0.39, 0.29) is 11.0 Å². The molecule has 26 heavy (non-hydrogen) atoms. The van der Waals surface area contributed by atoms with E-state index in [2.05, 4.69) is 106 Å². The van der Waals surface area contributed by atoms with Crippen LogP contribution in [0.25, 0.3) is 0 Å². The third-order valence-electron chi connectivity index (χ3n) is 6.14. The molecule has 138 valence electrons. The van der Waals surface area contributed by atoms with Gasteiger partial charge in [-0.25, -0.2) is 0 Å². The van der Waals surface area contributed by atoms with Crippen molar-refractivity contribution in [3.05, 3.63) is 65.7 Å². The lowest BCUT2D eigenvalue weighted by molar-refractivity contribution is 0.0283. The molecule has 1 fully saturated rings. The van der Waals surface area contributed by atoms with E-state index in [1.165, 1.54) is 16.8 Å². The van der Waals surface area contributed by atoms with E-state index in [0.29, 0.717) is 24.0 Å². The predicted molar refractivity (Wildman–Crippen MR) is 111 cm³/mol. The number of fused-ring (bicyclic) bond motifs is 3. The topological polar surface area (TPSA) is 15.3 Å². The monoisotopic (exact) mass is 348 g/mol. The maximum absolute atomic E-state index is 3.88. The molecule has 2 nitrogen and oxygen atoms in total. The van der Waals surface area contributed by atoms with Crippen LogP contribution in [-0.2, 0) is 0 Å². The maximum atomic E-state index is 3.88. The molecule has 2 heterocycles. The number of benzene rings is 2. The second-order valence-corrected chi connectivity index (χ2v) is 10.0. The maximum Gasteiger partial charge on any atom is 0.0877 e. The lowest BCUT2D eigenvalue weighted by Crippen LogP contribution is -2.55. The number of hydrogen-bond acceptors (Lipinski definition) is 2. The smallest absolute Gasteiger partial charge is 0.0877 e. The molecule has 2 aliphatic heterocycles. The largest absolute Gasteiger partial charge is 0.369 e. The van der Waals surface area contributed by atoms with Crippen LogP contribution in [0.2, 0.25) is 0 Å². The Morgan fingerprint density at radius 2 is 1.38 bits per heavy atom. The number of hydrogen-bond donors (Lipinski definition) is 1. The average Bonchev–Trinajstić information content (AvgIpc) is 3.08. The second-order valence-electron chi connectivity index (χ2n) is 10.0. The molecule has 0 saturated carbocycles. The van der Waals surface area contributed by atoms with E-state index in [1.807, 2.05) is 0 Å². The zero-order chi connectivity index (χ0) is 18.7. The number of anilines is 1. The molecule has 1 N–H and O–H groups in total. The Balaban J connectivity index is 1.93. The molecule has 0 radical (unpaired) electrons. The third-order valence-corrected chi connectivity index (χ3v) is 6.14. The molecule has 2 aromatic carbocycles. The number of nitrogens with one attached hydrogen (secondary N) is 1. The fourth-order valence-corrected chi connectivity index (χ4v) is 5.37. The van der Waals surface area contributed by atoms with Gasteiger partial charge in [0.1, 0.15) is 0 Å². The Hall–Kier alpha value is -1.80. The van der Waals surface area contributed by atoms with Crippen molar-refractivity contribution in [3.63, 3.8) is 0 Å². The molecule has 4 atom stereocenters. The van der Waals surface area contributed by atoms with E-state index in [1.54, 1.807) is 0 Å². The summed E-state index contributed by atoms with van der Waals surface area (Å²) in [5, 5.41) is 3.88. The number of nitrogens with zero attached hydrogens (tertiary/aromatic N) is 1. The van der Waals surface area contributed by atoms with Gasteiger partial charge in [-0.15, -0.1) is 0 Å². The molecule has 0 bridgehead atoms. The molecular formula is C24H32N2. The summed E-state index contributed by atoms with van der Waals surface area (Å²) in [6.07, 6.45) is 0.349. The second kappa shape index (κ2) is 5.85. The summed E-state index contributed by atoms with van der Waals surface area (Å²) in [7, 11) is 0. The van der Waals surface area contributed by atoms with Crippen LogP contribution in [0.15, 0.2) is 54.6 Å². The molecular weight excluding hydrogens is 316 g/mol. The summed E-state index contributed by atoms with van der Waals surface area (Å²) < 4.78 is 0. The first-order valence-corrected chi connectivity index (χ1v) is 9.88. The average molecular weight is 349 g/mol. The summed E-state index contributed by atoms with van der Waals surface area (Å²) in [5.41, 5.74) is 4.54. The van der Waals surface area contributed by atoms with E-state index in [0.717, 1.165) is 0 Å². The van der Waals surface area contributed by atoms with Crippen molar-refractivity contribution in [2.24, 2.45) is 5.41 Å². The molecule has 0 amide bonds. The minimum absolute atomic E-state index is 0.0967. The van der Waals surface area contributed by atoms with Gasteiger partial charge >= 0.3 is 0 Å². The van der Waals surface area contributed by atoms with Crippen LogP contribution in [0.1, 0.15) is 64.5 Å². The van der Waals surface area contributed by atoms with Crippen molar-refractivity contribution in [1.82, 2.24) is 4.90 Å². The lowest BCUT2D eigenvalue weighted by Gasteiger charge is -2.47. The van der Waals surface area contributed by atoms with Crippen LogP contribution in [0.3, 0.4) is 0 Å². The SMILES string of the molecule is CC(C)(C)C1C(c2ccccc2)C2c3ccccc3NC2N1C(C)(C)C. The molecule has 2 aromatic rings. The normalized spacial score (nSPS) is 28.5. The highest BCUT2D eigenvalue weighted by atomic mass is 15.4. The number of rotatable bonds is 1. The number of likely N-dealkylation sites (tertiary alicyclic amines) is 1. The van der Waals surface area contributed by atoms with Gasteiger partial charge in [0.15, 0.2) is 0 Å². The molecule has 0 aromatic heterocycles. The zero-order valence-electron chi connectivity index (χ0n) is 17.0. The van der Waals surface area contributed by atoms with E-state index in [9.17, 15) is 0 Å². The van der Waals surface area contributed by atoms with Gasteiger partial charge in [-0.1, -0.05) is 69.3 Å². The minimum Gasteiger partial charge on any atom is -0.369 e. The fourth-order valence-electron chi connectivity index (χ4n) is 5.37. The summed E-state index contributed by atoms with van der Waals surface area (Å²) in [6.45, 7) is 14.3. The van der Waals surface area contributed by atoms with Crippen molar-refractivity contribution >= 4 is 5.69 Å². The van der Waals surface area contributed by atoms with Crippen LogP contribution >= 0.6 is 0 Å². The van der Waals surface area contributed by atoms with Gasteiger partial charge in [0.2, 0.25) is 0 Å². The molecule has 0 aliphatic carbocycles. The summed E-state index contributed by atoms with van der Waals surface area (Å²) in [4.78, 5) is 2.76. The van der Waals surface area contributed by atoms with Crippen molar-refractivity contribution in [3.8, 4) is 0 Å². The fraction of sp³-hybridized carbons (Fsp3) is 0.500. The Morgan fingerprint density at radius 1 is 0.769 bits per heavy atom. The lowest BCUT2D eigenvalue weighted by atomic mass is 9.71. The summed E-state index contributed by atoms with van der Waals surface area (Å²) in [6, 6.07) is 20.5. The molecule has 2 heteroatoms. The van der Waals surface area contributed by atoms with E-state index < -0.39 is 0 Å². The number of para-hydroxylation sites is 1. The third kappa shape index (κ3) is 2.66. The van der Waals surface area contributed by atoms with Gasteiger partial charge in [0.25, 0.3) is 0 Å². The van der Waals surface area contributed by atoms with Gasteiger partial charge in [-0.3, -0.25) is 4.90 Å². The van der Waals surface area contributed by atoms with Crippen molar-refractivity contribution in [2.45, 2.75) is 71.1 Å². The highest BCUT2D eigenvalue weighted by molar-refractivity contribution is 5.62. The Kier molecular flexibility index (Phi) is 3.96. The van der Waals surface area contributed by atoms with Crippen LogP contribution in [0.5, 0.6) is 0 Å². The van der Waals surface area contributed by atoms with Gasteiger partial charge in [0, 0.05) is 29.1 Å². The van der Waals surface area contributed by atoms with Crippen LogP contribution in [0.4, 0.5) is 5.69 Å². The van der Waals surface area contributed by atoms with E-state index >= 15 is 0 Å². The van der Waals surface area contributed by atoms with Crippen molar-refractivity contribution in [1.29, 1.82) is 0 Å². The Labute approximate surface area is 158 Å². The molecule has 2 aliphatic rings. The standard InChI is InChI=1S/C24H32N2/c1-23(2,3)21-19(16-12-8-7-9-13-16)20-17-14-10-11-15-18(17)25-22(20)26(21)24(4,5)6/h7-15,19-22,25H,1-6H3.